The molecule has 0 saturated carbocycles. The number of anilines is 1. The zero-order chi connectivity index (χ0) is 22.4. The highest BCUT2D eigenvalue weighted by Gasteiger charge is 2.37. The molecule has 4 rings (SSSR count). The standard InChI is InChI=1S/C25H37N5O2/c1-21-15-24(27-20-26-21)30-12-9-25(31,19-30)18-28(2)17-22-7-6-8-23(16-22)32-14-13-29-10-4-3-5-11-29/h6-8,15-16,20,31H,3-5,9-14,17-19H2,1-2H3/t25-/m1/s1. The van der Waals surface area contributed by atoms with Crippen molar-refractivity contribution in [3.63, 3.8) is 0 Å². The molecule has 0 aliphatic carbocycles. The summed E-state index contributed by atoms with van der Waals surface area (Å²) in [4.78, 5) is 15.4. The first kappa shape index (κ1) is 23.0. The predicted octanol–water partition coefficient (Wildman–Crippen LogP) is 2.72. The Bertz CT molecular complexity index is 873. The molecule has 2 aliphatic heterocycles. The number of aromatic nitrogens is 2. The minimum atomic E-state index is -0.740. The monoisotopic (exact) mass is 439 g/mol. The van der Waals surface area contributed by atoms with Crippen LogP contribution in [0, 0.1) is 6.92 Å². The van der Waals surface area contributed by atoms with Crippen LogP contribution < -0.4 is 9.64 Å². The summed E-state index contributed by atoms with van der Waals surface area (Å²) in [6, 6.07) is 10.3. The molecule has 1 atom stereocenters. The molecule has 1 aromatic heterocycles. The fourth-order valence-electron chi connectivity index (χ4n) is 4.87. The highest BCUT2D eigenvalue weighted by atomic mass is 16.5. The molecule has 174 valence electrons. The van der Waals surface area contributed by atoms with E-state index in [4.69, 9.17) is 4.74 Å². The van der Waals surface area contributed by atoms with E-state index in [9.17, 15) is 5.11 Å². The summed E-state index contributed by atoms with van der Waals surface area (Å²) in [7, 11) is 2.07. The van der Waals surface area contributed by atoms with E-state index in [-0.39, 0.29) is 0 Å². The van der Waals surface area contributed by atoms with Gasteiger partial charge >= 0.3 is 0 Å². The maximum absolute atomic E-state index is 11.2. The molecule has 3 heterocycles. The number of rotatable bonds is 9. The molecule has 0 unspecified atom stereocenters. The zero-order valence-corrected chi connectivity index (χ0v) is 19.5. The second-order valence-electron chi connectivity index (χ2n) is 9.48. The fraction of sp³-hybridized carbons (Fsp3) is 0.600. The molecule has 1 N–H and O–H groups in total. The van der Waals surface area contributed by atoms with Crippen LogP contribution in [0.5, 0.6) is 5.75 Å². The summed E-state index contributed by atoms with van der Waals surface area (Å²) in [5, 5.41) is 11.2. The SMILES string of the molecule is Cc1cc(N2CC[C@@](O)(CN(C)Cc3cccc(OCCN4CCCCC4)c3)C2)ncn1. The third-order valence-corrected chi connectivity index (χ3v) is 6.49. The summed E-state index contributed by atoms with van der Waals surface area (Å²) in [5.74, 6) is 1.82. The van der Waals surface area contributed by atoms with Crippen LogP contribution in [-0.4, -0.2) is 83.4 Å². The van der Waals surface area contributed by atoms with Crippen LogP contribution in [0.4, 0.5) is 5.82 Å². The molecule has 7 nitrogen and oxygen atoms in total. The molecular weight excluding hydrogens is 402 g/mol. The third-order valence-electron chi connectivity index (χ3n) is 6.49. The number of nitrogens with zero attached hydrogens (tertiary/aromatic N) is 5. The summed E-state index contributed by atoms with van der Waals surface area (Å²) < 4.78 is 6.03. The fourth-order valence-corrected chi connectivity index (χ4v) is 4.87. The lowest BCUT2D eigenvalue weighted by Crippen LogP contribution is -2.43. The number of likely N-dealkylation sites (tertiary alicyclic amines) is 1. The van der Waals surface area contributed by atoms with Crippen LogP contribution in [0.3, 0.4) is 0 Å². The van der Waals surface area contributed by atoms with Gasteiger partial charge in [0, 0.05) is 44.5 Å². The van der Waals surface area contributed by atoms with Crippen LogP contribution in [0.25, 0.3) is 0 Å². The van der Waals surface area contributed by atoms with Gasteiger partial charge in [-0.05, 0) is 64.0 Å². The Hall–Kier alpha value is -2.22. The van der Waals surface area contributed by atoms with E-state index in [0.717, 1.165) is 49.9 Å². The molecule has 7 heteroatoms. The predicted molar refractivity (Wildman–Crippen MR) is 127 cm³/mol. The van der Waals surface area contributed by atoms with Crippen molar-refractivity contribution in [1.29, 1.82) is 0 Å². The first-order valence-corrected chi connectivity index (χ1v) is 11.9. The Morgan fingerprint density at radius 1 is 1.12 bits per heavy atom. The van der Waals surface area contributed by atoms with E-state index in [1.807, 2.05) is 19.1 Å². The molecule has 2 aromatic rings. The van der Waals surface area contributed by atoms with Crippen LogP contribution in [-0.2, 0) is 6.54 Å². The average Bonchev–Trinajstić information content (AvgIpc) is 3.16. The highest BCUT2D eigenvalue weighted by molar-refractivity contribution is 5.41. The van der Waals surface area contributed by atoms with Gasteiger partial charge in [0.2, 0.25) is 0 Å². The van der Waals surface area contributed by atoms with Crippen molar-refractivity contribution in [1.82, 2.24) is 19.8 Å². The van der Waals surface area contributed by atoms with E-state index in [0.29, 0.717) is 13.1 Å². The first-order chi connectivity index (χ1) is 15.5. The van der Waals surface area contributed by atoms with E-state index < -0.39 is 5.60 Å². The summed E-state index contributed by atoms with van der Waals surface area (Å²) in [5.41, 5.74) is 1.41. The number of ether oxygens (including phenoxy) is 1. The van der Waals surface area contributed by atoms with Gasteiger partial charge in [0.05, 0.1) is 5.60 Å². The molecule has 0 spiro atoms. The van der Waals surface area contributed by atoms with Gasteiger partial charge in [-0.25, -0.2) is 9.97 Å². The Morgan fingerprint density at radius 2 is 1.97 bits per heavy atom. The number of hydrogen-bond donors (Lipinski definition) is 1. The highest BCUT2D eigenvalue weighted by Crippen LogP contribution is 2.27. The molecule has 32 heavy (non-hydrogen) atoms. The Kier molecular flexibility index (Phi) is 7.60. The minimum absolute atomic E-state index is 0.591. The molecule has 1 aromatic carbocycles. The van der Waals surface area contributed by atoms with Gasteiger partial charge in [-0.3, -0.25) is 9.80 Å². The summed E-state index contributed by atoms with van der Waals surface area (Å²) in [6.45, 7) is 8.89. The molecule has 2 fully saturated rings. The van der Waals surface area contributed by atoms with E-state index in [2.05, 4.69) is 49.9 Å². The quantitative estimate of drug-likeness (QED) is 0.644. The van der Waals surface area contributed by atoms with Crippen molar-refractivity contribution >= 4 is 5.82 Å². The van der Waals surface area contributed by atoms with E-state index in [1.165, 1.54) is 37.9 Å². The number of β-amino-alcohol motifs (C(OH)–C–C–N with tert-alkyl or cyclic N) is 1. The lowest BCUT2D eigenvalue weighted by molar-refractivity contribution is 0.0279. The van der Waals surface area contributed by atoms with Crippen molar-refractivity contribution in [2.75, 3.05) is 57.8 Å². The van der Waals surface area contributed by atoms with Crippen molar-refractivity contribution in [2.24, 2.45) is 0 Å². The number of likely N-dealkylation sites (N-methyl/N-ethyl adjacent to an activating group) is 1. The van der Waals surface area contributed by atoms with Gasteiger partial charge in [0.1, 0.15) is 24.5 Å². The van der Waals surface area contributed by atoms with E-state index in [1.54, 1.807) is 6.33 Å². The first-order valence-electron chi connectivity index (χ1n) is 11.9. The van der Waals surface area contributed by atoms with Crippen molar-refractivity contribution in [3.8, 4) is 5.75 Å². The van der Waals surface area contributed by atoms with Gasteiger partial charge in [0.25, 0.3) is 0 Å². The Labute approximate surface area is 192 Å². The van der Waals surface area contributed by atoms with Crippen LogP contribution >= 0.6 is 0 Å². The largest absolute Gasteiger partial charge is 0.492 e. The van der Waals surface area contributed by atoms with Gasteiger partial charge in [-0.15, -0.1) is 0 Å². The average molecular weight is 440 g/mol. The van der Waals surface area contributed by atoms with E-state index >= 15 is 0 Å². The number of benzene rings is 1. The maximum atomic E-state index is 11.2. The molecule has 0 bridgehead atoms. The number of piperidine rings is 1. The van der Waals surface area contributed by atoms with Crippen LogP contribution in [0.1, 0.15) is 36.9 Å². The number of aliphatic hydroxyl groups is 1. The Balaban J connectivity index is 1.25. The van der Waals surface area contributed by atoms with Crippen LogP contribution in [0.2, 0.25) is 0 Å². The molecular formula is C25H37N5O2. The third kappa shape index (κ3) is 6.40. The van der Waals surface area contributed by atoms with Gasteiger partial charge in [0.15, 0.2) is 0 Å². The van der Waals surface area contributed by atoms with Gasteiger partial charge in [-0.1, -0.05) is 18.6 Å². The Morgan fingerprint density at radius 3 is 2.78 bits per heavy atom. The lowest BCUT2D eigenvalue weighted by Gasteiger charge is -2.29. The van der Waals surface area contributed by atoms with Crippen molar-refractivity contribution in [3.05, 3.63) is 47.9 Å². The molecule has 2 saturated heterocycles. The normalized spacial score (nSPS) is 21.9. The smallest absolute Gasteiger partial charge is 0.132 e. The lowest BCUT2D eigenvalue weighted by atomic mass is 10.0. The number of hydrogen-bond acceptors (Lipinski definition) is 7. The maximum Gasteiger partial charge on any atom is 0.132 e. The van der Waals surface area contributed by atoms with Crippen LogP contribution in [0.15, 0.2) is 36.7 Å². The van der Waals surface area contributed by atoms with Crippen molar-refractivity contribution in [2.45, 2.75) is 44.8 Å². The van der Waals surface area contributed by atoms with Gasteiger partial charge < -0.3 is 14.7 Å². The topological polar surface area (TPSA) is 65.0 Å². The second-order valence-corrected chi connectivity index (χ2v) is 9.48. The van der Waals surface area contributed by atoms with Crippen molar-refractivity contribution < 1.29 is 9.84 Å². The minimum Gasteiger partial charge on any atom is -0.492 e. The summed E-state index contributed by atoms with van der Waals surface area (Å²) >= 11 is 0. The number of aryl methyl sites for hydroxylation is 1. The zero-order valence-electron chi connectivity index (χ0n) is 19.5. The molecule has 0 radical (unpaired) electrons. The van der Waals surface area contributed by atoms with Gasteiger partial charge in [-0.2, -0.15) is 0 Å². The molecule has 0 amide bonds. The second kappa shape index (κ2) is 10.6. The summed E-state index contributed by atoms with van der Waals surface area (Å²) in [6.07, 6.45) is 6.31. The molecule has 2 aliphatic rings.